The van der Waals surface area contributed by atoms with Gasteiger partial charge in [0.25, 0.3) is 0 Å². The Balaban J connectivity index is 1.98. The summed E-state index contributed by atoms with van der Waals surface area (Å²) in [5, 5.41) is 0. The van der Waals surface area contributed by atoms with Crippen molar-refractivity contribution in [3.8, 4) is 5.75 Å². The Hall–Kier alpha value is -1.84. The molecule has 0 aliphatic heterocycles. The van der Waals surface area contributed by atoms with Gasteiger partial charge in [0.15, 0.2) is 0 Å². The zero-order valence-electron chi connectivity index (χ0n) is 12.0. The van der Waals surface area contributed by atoms with Crippen molar-refractivity contribution in [2.75, 3.05) is 7.11 Å². The smallest absolute Gasteiger partial charge is 0.311 e. The highest BCUT2D eigenvalue weighted by atomic mass is 16.5. The van der Waals surface area contributed by atoms with Crippen LogP contribution in [0.25, 0.3) is 0 Å². The van der Waals surface area contributed by atoms with Crippen LogP contribution in [0, 0.1) is 0 Å². The van der Waals surface area contributed by atoms with Crippen LogP contribution < -0.4 is 4.74 Å². The number of unbranched alkanes of at least 4 members (excludes halogenated alkanes) is 4. The van der Waals surface area contributed by atoms with Gasteiger partial charge in [0.1, 0.15) is 5.75 Å². The second-order valence-electron chi connectivity index (χ2n) is 4.63. The molecule has 0 heterocycles. The van der Waals surface area contributed by atoms with Gasteiger partial charge in [0.05, 0.1) is 7.11 Å². The summed E-state index contributed by atoms with van der Waals surface area (Å²) in [5.41, 5.74) is 0. The van der Waals surface area contributed by atoms with Crippen LogP contribution in [0.5, 0.6) is 5.75 Å². The summed E-state index contributed by atoms with van der Waals surface area (Å²) in [6, 6.07) is 9.09. The normalized spacial score (nSPS) is 10.1. The topological polar surface area (TPSA) is 52.6 Å². The molecular formula is C16H22O4. The molecule has 1 rings (SSSR count). The predicted molar refractivity (Wildman–Crippen MR) is 76.4 cm³/mol. The van der Waals surface area contributed by atoms with Crippen molar-refractivity contribution in [1.82, 2.24) is 0 Å². The summed E-state index contributed by atoms with van der Waals surface area (Å²) in [6.07, 6.45) is 5.58. The number of esters is 2. The first-order valence-corrected chi connectivity index (χ1v) is 7.05. The standard InChI is InChI=1S/C16H22O4/c1-19-15(17)12-8-3-2-4-9-13-16(18)20-14-10-6-5-7-11-14/h5-7,10-11H,2-4,8-9,12-13H2,1H3. The number of rotatable bonds is 9. The predicted octanol–water partition coefficient (Wildman–Crippen LogP) is 3.50. The van der Waals surface area contributed by atoms with E-state index in [1.807, 2.05) is 18.2 Å². The van der Waals surface area contributed by atoms with Crippen molar-refractivity contribution in [2.45, 2.75) is 44.9 Å². The van der Waals surface area contributed by atoms with E-state index >= 15 is 0 Å². The molecule has 1 aromatic rings. The molecule has 20 heavy (non-hydrogen) atoms. The summed E-state index contributed by atoms with van der Waals surface area (Å²) in [5.74, 6) is 0.248. The Morgan fingerprint density at radius 2 is 1.40 bits per heavy atom. The molecule has 4 heteroatoms. The molecule has 0 atom stereocenters. The van der Waals surface area contributed by atoms with Crippen molar-refractivity contribution < 1.29 is 19.1 Å². The third kappa shape index (κ3) is 7.56. The van der Waals surface area contributed by atoms with Gasteiger partial charge in [-0.05, 0) is 25.0 Å². The van der Waals surface area contributed by atoms with Crippen molar-refractivity contribution in [2.24, 2.45) is 0 Å². The fraction of sp³-hybridized carbons (Fsp3) is 0.500. The van der Waals surface area contributed by atoms with Gasteiger partial charge < -0.3 is 9.47 Å². The summed E-state index contributed by atoms with van der Waals surface area (Å²) >= 11 is 0. The van der Waals surface area contributed by atoms with Crippen LogP contribution in [-0.2, 0) is 14.3 Å². The molecule has 0 fully saturated rings. The number of methoxy groups -OCH3 is 1. The molecule has 0 bridgehead atoms. The number of hydrogen-bond donors (Lipinski definition) is 0. The van der Waals surface area contributed by atoms with E-state index in [1.54, 1.807) is 12.1 Å². The number of para-hydroxylation sites is 1. The molecule has 0 radical (unpaired) electrons. The molecule has 1 aromatic carbocycles. The van der Waals surface area contributed by atoms with Gasteiger partial charge in [-0.25, -0.2) is 0 Å². The molecule has 0 N–H and O–H groups in total. The highest BCUT2D eigenvalue weighted by Gasteiger charge is 2.04. The SMILES string of the molecule is COC(=O)CCCCCCCC(=O)Oc1ccccc1. The van der Waals surface area contributed by atoms with Gasteiger partial charge in [-0.15, -0.1) is 0 Å². The Morgan fingerprint density at radius 1 is 0.850 bits per heavy atom. The molecular weight excluding hydrogens is 256 g/mol. The van der Waals surface area contributed by atoms with E-state index in [2.05, 4.69) is 4.74 Å². The quantitative estimate of drug-likeness (QED) is 0.394. The van der Waals surface area contributed by atoms with Gasteiger partial charge in [-0.2, -0.15) is 0 Å². The number of benzene rings is 1. The Morgan fingerprint density at radius 3 is 2.00 bits per heavy atom. The van der Waals surface area contributed by atoms with E-state index in [-0.39, 0.29) is 11.9 Å². The van der Waals surface area contributed by atoms with Crippen molar-refractivity contribution in [3.05, 3.63) is 30.3 Å². The summed E-state index contributed by atoms with van der Waals surface area (Å²) in [6.45, 7) is 0. The number of carbonyl (C=O) groups excluding carboxylic acids is 2. The van der Waals surface area contributed by atoms with Gasteiger partial charge in [-0.3, -0.25) is 9.59 Å². The lowest BCUT2D eigenvalue weighted by Crippen LogP contribution is -2.07. The number of ether oxygens (including phenoxy) is 2. The molecule has 0 aliphatic rings. The van der Waals surface area contributed by atoms with Crippen molar-refractivity contribution in [1.29, 1.82) is 0 Å². The molecule has 0 saturated carbocycles. The van der Waals surface area contributed by atoms with Gasteiger partial charge >= 0.3 is 11.9 Å². The monoisotopic (exact) mass is 278 g/mol. The minimum Gasteiger partial charge on any atom is -0.469 e. The highest BCUT2D eigenvalue weighted by Crippen LogP contribution is 2.12. The fourth-order valence-corrected chi connectivity index (χ4v) is 1.84. The fourth-order valence-electron chi connectivity index (χ4n) is 1.84. The molecule has 0 aliphatic carbocycles. The van der Waals surface area contributed by atoms with E-state index < -0.39 is 0 Å². The Labute approximate surface area is 120 Å². The number of hydrogen-bond acceptors (Lipinski definition) is 4. The van der Waals surface area contributed by atoms with Crippen LogP contribution in [0.2, 0.25) is 0 Å². The van der Waals surface area contributed by atoms with E-state index in [0.717, 1.165) is 32.1 Å². The van der Waals surface area contributed by atoms with Gasteiger partial charge in [0, 0.05) is 12.8 Å². The van der Waals surface area contributed by atoms with E-state index in [0.29, 0.717) is 18.6 Å². The van der Waals surface area contributed by atoms with Crippen LogP contribution >= 0.6 is 0 Å². The first kappa shape index (κ1) is 16.2. The molecule has 0 amide bonds. The van der Waals surface area contributed by atoms with Gasteiger partial charge in [-0.1, -0.05) is 37.5 Å². The van der Waals surface area contributed by atoms with Crippen molar-refractivity contribution in [3.63, 3.8) is 0 Å². The van der Waals surface area contributed by atoms with E-state index in [4.69, 9.17) is 4.74 Å². The molecule has 110 valence electrons. The molecule has 0 aromatic heterocycles. The molecule has 0 spiro atoms. The molecule has 4 nitrogen and oxygen atoms in total. The highest BCUT2D eigenvalue weighted by molar-refractivity contribution is 5.72. The average molecular weight is 278 g/mol. The lowest BCUT2D eigenvalue weighted by atomic mass is 10.1. The second kappa shape index (κ2) is 10.0. The zero-order chi connectivity index (χ0) is 14.6. The first-order valence-electron chi connectivity index (χ1n) is 7.05. The Kier molecular flexibility index (Phi) is 8.11. The van der Waals surface area contributed by atoms with Gasteiger partial charge in [0.2, 0.25) is 0 Å². The molecule has 0 unspecified atom stereocenters. The minimum atomic E-state index is -0.189. The largest absolute Gasteiger partial charge is 0.469 e. The third-order valence-electron chi connectivity index (χ3n) is 2.96. The lowest BCUT2D eigenvalue weighted by molar-refractivity contribution is -0.140. The first-order chi connectivity index (χ1) is 9.72. The lowest BCUT2D eigenvalue weighted by Gasteiger charge is -2.04. The van der Waals surface area contributed by atoms with Crippen LogP contribution in [0.4, 0.5) is 0 Å². The van der Waals surface area contributed by atoms with Crippen LogP contribution in [0.15, 0.2) is 30.3 Å². The summed E-state index contributed by atoms with van der Waals surface area (Å²) in [7, 11) is 1.40. The zero-order valence-corrected chi connectivity index (χ0v) is 12.0. The maximum absolute atomic E-state index is 11.5. The number of carbonyl (C=O) groups is 2. The van der Waals surface area contributed by atoms with E-state index in [1.165, 1.54) is 7.11 Å². The van der Waals surface area contributed by atoms with Crippen LogP contribution in [0.3, 0.4) is 0 Å². The molecule has 0 saturated heterocycles. The average Bonchev–Trinajstić information content (AvgIpc) is 2.47. The summed E-state index contributed by atoms with van der Waals surface area (Å²) in [4.78, 5) is 22.4. The van der Waals surface area contributed by atoms with Crippen LogP contribution in [-0.4, -0.2) is 19.0 Å². The maximum Gasteiger partial charge on any atom is 0.311 e. The summed E-state index contributed by atoms with van der Waals surface area (Å²) < 4.78 is 9.75. The second-order valence-corrected chi connectivity index (χ2v) is 4.63. The van der Waals surface area contributed by atoms with Crippen molar-refractivity contribution >= 4 is 11.9 Å². The third-order valence-corrected chi connectivity index (χ3v) is 2.96. The maximum atomic E-state index is 11.5. The van der Waals surface area contributed by atoms with Crippen LogP contribution in [0.1, 0.15) is 44.9 Å². The van der Waals surface area contributed by atoms with E-state index in [9.17, 15) is 9.59 Å². The minimum absolute atomic E-state index is 0.156. The Bertz CT molecular complexity index is 400.